The average Bonchev–Trinajstić information content (AvgIpc) is 3.40. The first-order valence-corrected chi connectivity index (χ1v) is 11.7. The molecule has 150 valence electrons. The van der Waals surface area contributed by atoms with Gasteiger partial charge in [-0.3, -0.25) is 4.57 Å². The number of nitrogens with zero attached hydrogens (tertiary/aromatic N) is 6. The van der Waals surface area contributed by atoms with Gasteiger partial charge in [0, 0.05) is 29.5 Å². The first kappa shape index (κ1) is 19.9. The van der Waals surface area contributed by atoms with Gasteiger partial charge in [-0.15, -0.1) is 21.5 Å². The fraction of sp³-hybridized carbons (Fsp3) is 0.529. The zero-order chi connectivity index (χ0) is 19.5. The molecule has 8 nitrogen and oxygen atoms in total. The second kappa shape index (κ2) is 8.93. The van der Waals surface area contributed by atoms with Gasteiger partial charge in [-0.1, -0.05) is 30.8 Å². The Bertz CT molecular complexity index is 919. The second-order valence-electron chi connectivity index (χ2n) is 6.82. The van der Waals surface area contributed by atoms with Crippen LogP contribution in [0.3, 0.4) is 0 Å². The molecule has 0 spiro atoms. The standard InChI is InChI=1S/C17H21BrN6O2S2/c1-11(2)8-24-16(23-3-5-25-6-4-23)20-21-17(24)28-10-14-19-15(22-26-14)13-7-12(18)9-27-13/h7,9,11H,3-6,8,10H2,1-2H3. The van der Waals surface area contributed by atoms with Gasteiger partial charge in [-0.2, -0.15) is 4.98 Å². The number of ether oxygens (including phenoxy) is 1. The molecule has 0 bridgehead atoms. The minimum absolute atomic E-state index is 0.488. The van der Waals surface area contributed by atoms with Gasteiger partial charge in [0.2, 0.25) is 17.7 Å². The van der Waals surface area contributed by atoms with Gasteiger partial charge in [0.15, 0.2) is 5.16 Å². The fourth-order valence-electron chi connectivity index (χ4n) is 2.88. The van der Waals surface area contributed by atoms with Gasteiger partial charge >= 0.3 is 0 Å². The Morgan fingerprint density at radius 3 is 2.82 bits per heavy atom. The molecule has 11 heteroatoms. The summed E-state index contributed by atoms with van der Waals surface area (Å²) in [5.74, 6) is 3.15. The number of hydrogen-bond acceptors (Lipinski definition) is 9. The van der Waals surface area contributed by atoms with Gasteiger partial charge in [0.05, 0.1) is 23.8 Å². The van der Waals surface area contributed by atoms with E-state index in [4.69, 9.17) is 9.26 Å². The molecule has 1 aliphatic heterocycles. The minimum Gasteiger partial charge on any atom is -0.378 e. The van der Waals surface area contributed by atoms with Gasteiger partial charge < -0.3 is 14.2 Å². The average molecular weight is 485 g/mol. The third-order valence-electron chi connectivity index (χ3n) is 4.12. The molecule has 3 aromatic heterocycles. The Morgan fingerprint density at radius 2 is 2.11 bits per heavy atom. The van der Waals surface area contributed by atoms with Crippen LogP contribution in [0.1, 0.15) is 19.7 Å². The number of thioether (sulfide) groups is 1. The van der Waals surface area contributed by atoms with Crippen molar-refractivity contribution in [3.8, 4) is 10.7 Å². The molecule has 0 saturated carbocycles. The quantitative estimate of drug-likeness (QED) is 0.466. The van der Waals surface area contributed by atoms with Gasteiger partial charge in [0.25, 0.3) is 0 Å². The highest BCUT2D eigenvalue weighted by Crippen LogP contribution is 2.30. The first-order chi connectivity index (χ1) is 13.6. The summed E-state index contributed by atoms with van der Waals surface area (Å²) in [6, 6.07) is 1.99. The van der Waals surface area contributed by atoms with Crippen molar-refractivity contribution >= 4 is 45.0 Å². The van der Waals surface area contributed by atoms with Crippen LogP contribution in [-0.4, -0.2) is 51.2 Å². The van der Waals surface area contributed by atoms with E-state index in [-0.39, 0.29) is 0 Å². The molecule has 0 aromatic carbocycles. The summed E-state index contributed by atoms with van der Waals surface area (Å²) >= 11 is 6.60. The minimum atomic E-state index is 0.488. The molecule has 4 heterocycles. The van der Waals surface area contributed by atoms with E-state index < -0.39 is 0 Å². The zero-order valence-electron chi connectivity index (χ0n) is 15.7. The van der Waals surface area contributed by atoms with Crippen LogP contribution >= 0.6 is 39.0 Å². The van der Waals surface area contributed by atoms with Crippen molar-refractivity contribution in [2.45, 2.75) is 31.3 Å². The molecular weight excluding hydrogens is 464 g/mol. The summed E-state index contributed by atoms with van der Waals surface area (Å²) in [5.41, 5.74) is 0. The smallest absolute Gasteiger partial charge is 0.237 e. The second-order valence-corrected chi connectivity index (χ2v) is 9.59. The van der Waals surface area contributed by atoms with Crippen LogP contribution in [0.4, 0.5) is 5.95 Å². The van der Waals surface area contributed by atoms with Crippen LogP contribution in [0.5, 0.6) is 0 Å². The predicted octanol–water partition coefficient (Wildman–Crippen LogP) is 3.94. The maximum absolute atomic E-state index is 5.46. The molecule has 0 atom stereocenters. The molecule has 28 heavy (non-hydrogen) atoms. The lowest BCUT2D eigenvalue weighted by Crippen LogP contribution is -2.38. The van der Waals surface area contributed by atoms with E-state index in [1.54, 1.807) is 23.1 Å². The molecule has 1 saturated heterocycles. The number of aromatic nitrogens is 5. The molecule has 1 fully saturated rings. The van der Waals surface area contributed by atoms with E-state index in [0.29, 0.717) is 23.4 Å². The van der Waals surface area contributed by atoms with Crippen LogP contribution in [0.15, 0.2) is 25.6 Å². The summed E-state index contributed by atoms with van der Waals surface area (Å²) in [6.45, 7) is 8.37. The van der Waals surface area contributed by atoms with E-state index in [9.17, 15) is 0 Å². The Labute approximate surface area is 179 Å². The molecule has 3 aromatic rings. The summed E-state index contributed by atoms with van der Waals surface area (Å²) < 4.78 is 14.1. The Morgan fingerprint density at radius 1 is 1.29 bits per heavy atom. The highest BCUT2D eigenvalue weighted by molar-refractivity contribution is 9.10. The lowest BCUT2D eigenvalue weighted by atomic mass is 10.2. The van der Waals surface area contributed by atoms with Gasteiger partial charge in [0.1, 0.15) is 0 Å². The predicted molar refractivity (Wildman–Crippen MR) is 113 cm³/mol. The van der Waals surface area contributed by atoms with Crippen LogP contribution < -0.4 is 4.90 Å². The zero-order valence-corrected chi connectivity index (χ0v) is 18.9. The van der Waals surface area contributed by atoms with Crippen molar-refractivity contribution in [1.82, 2.24) is 24.9 Å². The normalized spacial score (nSPS) is 14.9. The third-order valence-corrected chi connectivity index (χ3v) is 6.76. The highest BCUT2D eigenvalue weighted by Gasteiger charge is 2.22. The van der Waals surface area contributed by atoms with Crippen LogP contribution in [0.2, 0.25) is 0 Å². The molecule has 0 amide bonds. The molecule has 4 rings (SSSR count). The molecular formula is C17H21BrN6O2S2. The van der Waals surface area contributed by atoms with Gasteiger partial charge in [-0.25, -0.2) is 0 Å². The summed E-state index contributed by atoms with van der Waals surface area (Å²) in [4.78, 5) is 7.72. The summed E-state index contributed by atoms with van der Waals surface area (Å²) in [6.07, 6.45) is 0. The number of rotatable bonds is 7. The van der Waals surface area contributed by atoms with E-state index >= 15 is 0 Å². The van der Waals surface area contributed by atoms with Crippen LogP contribution in [-0.2, 0) is 17.0 Å². The van der Waals surface area contributed by atoms with E-state index in [0.717, 1.165) is 53.3 Å². The Hall–Kier alpha value is -1.43. The lowest BCUT2D eigenvalue weighted by molar-refractivity contribution is 0.121. The van der Waals surface area contributed by atoms with Crippen LogP contribution in [0, 0.1) is 5.92 Å². The van der Waals surface area contributed by atoms with Crippen molar-refractivity contribution in [2.24, 2.45) is 5.92 Å². The number of halogens is 1. The van der Waals surface area contributed by atoms with Crippen molar-refractivity contribution in [1.29, 1.82) is 0 Å². The molecule has 0 radical (unpaired) electrons. The Balaban J connectivity index is 1.48. The number of anilines is 1. The van der Waals surface area contributed by atoms with E-state index in [2.05, 4.69) is 59.6 Å². The molecule has 1 aliphatic rings. The van der Waals surface area contributed by atoms with Crippen molar-refractivity contribution < 1.29 is 9.26 Å². The van der Waals surface area contributed by atoms with Crippen molar-refractivity contribution in [2.75, 3.05) is 31.2 Å². The lowest BCUT2D eigenvalue weighted by Gasteiger charge is -2.28. The van der Waals surface area contributed by atoms with Crippen molar-refractivity contribution in [3.63, 3.8) is 0 Å². The molecule has 0 unspecified atom stereocenters. The maximum Gasteiger partial charge on any atom is 0.237 e. The van der Waals surface area contributed by atoms with Crippen LogP contribution in [0.25, 0.3) is 10.7 Å². The first-order valence-electron chi connectivity index (χ1n) is 9.06. The monoisotopic (exact) mass is 484 g/mol. The maximum atomic E-state index is 5.46. The Kier molecular flexibility index (Phi) is 6.34. The third kappa shape index (κ3) is 4.58. The SMILES string of the molecule is CC(C)Cn1c(SCc2nc(-c3cc(Br)cs3)no2)nnc1N1CCOCC1. The van der Waals surface area contributed by atoms with E-state index in [1.165, 1.54) is 0 Å². The topological polar surface area (TPSA) is 82.1 Å². The molecule has 0 aliphatic carbocycles. The number of hydrogen-bond donors (Lipinski definition) is 0. The highest BCUT2D eigenvalue weighted by atomic mass is 79.9. The number of thiophene rings is 1. The van der Waals surface area contributed by atoms with Crippen molar-refractivity contribution in [3.05, 3.63) is 21.8 Å². The summed E-state index contributed by atoms with van der Waals surface area (Å²) in [7, 11) is 0. The summed E-state index contributed by atoms with van der Waals surface area (Å²) in [5, 5.41) is 15.8. The number of morpholine rings is 1. The molecule has 0 N–H and O–H groups in total. The largest absolute Gasteiger partial charge is 0.378 e. The fourth-order valence-corrected chi connectivity index (χ4v) is 5.01. The van der Waals surface area contributed by atoms with Gasteiger partial charge in [-0.05, 0) is 27.9 Å². The van der Waals surface area contributed by atoms with E-state index in [1.807, 2.05) is 11.4 Å².